The van der Waals surface area contributed by atoms with Gasteiger partial charge >= 0.3 is 0 Å². The van der Waals surface area contributed by atoms with Crippen molar-refractivity contribution in [3.05, 3.63) is 69.6 Å². The van der Waals surface area contributed by atoms with Gasteiger partial charge in [0, 0.05) is 19.3 Å². The lowest BCUT2D eigenvalue weighted by Crippen LogP contribution is -2.37. The zero-order valence-corrected chi connectivity index (χ0v) is 14.4. The second kappa shape index (κ2) is 7.53. The molecule has 1 heterocycles. The van der Waals surface area contributed by atoms with Gasteiger partial charge in [0.15, 0.2) is 0 Å². The van der Waals surface area contributed by atoms with E-state index >= 15 is 0 Å². The number of pyridine rings is 1. The van der Waals surface area contributed by atoms with Crippen molar-refractivity contribution in [3.63, 3.8) is 0 Å². The Balaban J connectivity index is 1.85. The molecule has 1 fully saturated rings. The maximum Gasteiger partial charge on any atom is 0.260 e. The summed E-state index contributed by atoms with van der Waals surface area (Å²) < 4.78 is 0. The van der Waals surface area contributed by atoms with E-state index in [-0.39, 0.29) is 29.7 Å². The molecule has 0 aliphatic heterocycles. The molecular weight excluding hydrogens is 334 g/mol. The third kappa shape index (κ3) is 3.83. The molecule has 2 aromatic rings. The quantitative estimate of drug-likeness (QED) is 0.721. The van der Waals surface area contributed by atoms with E-state index in [0.29, 0.717) is 0 Å². The molecule has 0 saturated heterocycles. The Hall–Kier alpha value is -2.93. The first-order valence-corrected chi connectivity index (χ1v) is 8.48. The molecule has 1 aliphatic carbocycles. The monoisotopic (exact) mass is 355 g/mol. The second-order valence-electron chi connectivity index (χ2n) is 6.40. The fraction of sp³-hybridized carbons (Fsp3) is 0.316. The normalized spacial score (nSPS) is 14.5. The molecule has 7 nitrogen and oxygen atoms in total. The molecule has 26 heavy (non-hydrogen) atoms. The standard InChI is InChI=1S/C19H21N3O4/c1-22(16(11-23)12-5-3-2-4-6-12)19(26)15-9-13(10-20-18(15)25)17(24)21-14-7-8-14/h2-6,9-10,14,16,23H,7-8,11H2,1H3,(H,20,25)(H,21,24). The number of carbonyl (C=O) groups is 2. The first-order valence-electron chi connectivity index (χ1n) is 8.48. The summed E-state index contributed by atoms with van der Waals surface area (Å²) in [6.45, 7) is -0.286. The van der Waals surface area contributed by atoms with E-state index in [2.05, 4.69) is 10.3 Å². The molecule has 1 saturated carbocycles. The Kier molecular flexibility index (Phi) is 5.18. The van der Waals surface area contributed by atoms with Gasteiger partial charge in [0.2, 0.25) is 0 Å². The number of carbonyl (C=O) groups excluding carboxylic acids is 2. The molecule has 136 valence electrons. The molecule has 1 atom stereocenters. The van der Waals surface area contributed by atoms with Crippen LogP contribution in [-0.2, 0) is 0 Å². The van der Waals surface area contributed by atoms with Crippen LogP contribution in [0.15, 0.2) is 47.4 Å². The maximum absolute atomic E-state index is 12.8. The summed E-state index contributed by atoms with van der Waals surface area (Å²) in [6.07, 6.45) is 3.19. The smallest absolute Gasteiger partial charge is 0.260 e. The predicted octanol–water partition coefficient (Wildman–Crippen LogP) is 1.07. The van der Waals surface area contributed by atoms with Crippen LogP contribution in [0.25, 0.3) is 0 Å². The van der Waals surface area contributed by atoms with Crippen LogP contribution >= 0.6 is 0 Å². The summed E-state index contributed by atoms with van der Waals surface area (Å²) in [4.78, 5) is 40.9. The first-order chi connectivity index (χ1) is 12.5. The van der Waals surface area contributed by atoms with E-state index in [0.717, 1.165) is 18.4 Å². The van der Waals surface area contributed by atoms with E-state index < -0.39 is 17.5 Å². The summed E-state index contributed by atoms with van der Waals surface area (Å²) >= 11 is 0. The Bertz CT molecular complexity index is 859. The molecular formula is C19H21N3O4. The highest BCUT2D eigenvalue weighted by atomic mass is 16.3. The first kappa shape index (κ1) is 17.9. The van der Waals surface area contributed by atoms with Crippen molar-refractivity contribution in [3.8, 4) is 0 Å². The Morgan fingerprint density at radius 2 is 2.00 bits per heavy atom. The number of hydrogen-bond donors (Lipinski definition) is 3. The maximum atomic E-state index is 12.8. The number of amides is 2. The van der Waals surface area contributed by atoms with Gasteiger partial charge < -0.3 is 20.3 Å². The average molecular weight is 355 g/mol. The van der Waals surface area contributed by atoms with E-state index in [4.69, 9.17) is 0 Å². The van der Waals surface area contributed by atoms with Crippen molar-refractivity contribution >= 4 is 11.8 Å². The molecule has 0 spiro atoms. The zero-order chi connectivity index (χ0) is 18.7. The lowest BCUT2D eigenvalue weighted by atomic mass is 10.1. The molecule has 3 N–H and O–H groups in total. The van der Waals surface area contributed by atoms with Gasteiger partial charge in [-0.15, -0.1) is 0 Å². The van der Waals surface area contributed by atoms with Crippen molar-refractivity contribution in [1.82, 2.24) is 15.2 Å². The molecule has 0 bridgehead atoms. The third-order valence-corrected chi connectivity index (χ3v) is 4.45. The molecule has 1 aromatic carbocycles. The number of nitrogens with one attached hydrogen (secondary N) is 2. The van der Waals surface area contributed by atoms with Crippen molar-refractivity contribution < 1.29 is 14.7 Å². The molecule has 7 heteroatoms. The summed E-state index contributed by atoms with van der Waals surface area (Å²) in [5, 5.41) is 12.5. The number of likely N-dealkylation sites (N-methyl/N-ethyl adjacent to an activating group) is 1. The minimum absolute atomic E-state index is 0.134. The number of H-pyrrole nitrogens is 1. The number of aromatic nitrogens is 1. The van der Waals surface area contributed by atoms with Crippen LogP contribution in [0, 0.1) is 0 Å². The molecule has 3 rings (SSSR count). The number of rotatable bonds is 6. The van der Waals surface area contributed by atoms with Crippen molar-refractivity contribution in [2.75, 3.05) is 13.7 Å². The number of nitrogens with zero attached hydrogens (tertiary/aromatic N) is 1. The Labute approximate surface area is 150 Å². The van der Waals surface area contributed by atoms with Gasteiger partial charge in [-0.05, 0) is 24.5 Å². The van der Waals surface area contributed by atoms with E-state index in [1.165, 1.54) is 24.2 Å². The summed E-state index contributed by atoms with van der Waals surface area (Å²) in [6, 6.07) is 9.95. The summed E-state index contributed by atoms with van der Waals surface area (Å²) in [5.41, 5.74) is 0.276. The predicted molar refractivity (Wildman–Crippen MR) is 95.9 cm³/mol. The van der Waals surface area contributed by atoms with Crippen LogP contribution in [-0.4, -0.2) is 46.5 Å². The van der Waals surface area contributed by atoms with Crippen molar-refractivity contribution in [1.29, 1.82) is 0 Å². The van der Waals surface area contributed by atoms with Gasteiger partial charge in [-0.2, -0.15) is 0 Å². The topological polar surface area (TPSA) is 103 Å². The largest absolute Gasteiger partial charge is 0.394 e. The molecule has 1 unspecified atom stereocenters. The highest BCUT2D eigenvalue weighted by Crippen LogP contribution is 2.21. The number of benzene rings is 1. The average Bonchev–Trinajstić information content (AvgIpc) is 3.47. The van der Waals surface area contributed by atoms with Crippen LogP contribution in [0.4, 0.5) is 0 Å². The number of aliphatic hydroxyl groups excluding tert-OH is 1. The van der Waals surface area contributed by atoms with E-state index in [9.17, 15) is 19.5 Å². The Morgan fingerprint density at radius 1 is 1.31 bits per heavy atom. The fourth-order valence-electron chi connectivity index (χ4n) is 2.73. The lowest BCUT2D eigenvalue weighted by molar-refractivity contribution is 0.0656. The minimum Gasteiger partial charge on any atom is -0.394 e. The van der Waals surface area contributed by atoms with Crippen molar-refractivity contribution in [2.45, 2.75) is 24.9 Å². The molecule has 1 aliphatic rings. The summed E-state index contributed by atoms with van der Waals surface area (Å²) in [5.74, 6) is -0.877. The van der Waals surface area contributed by atoms with Crippen LogP contribution in [0.2, 0.25) is 0 Å². The minimum atomic E-state index is -0.591. The van der Waals surface area contributed by atoms with Gasteiger partial charge in [0.25, 0.3) is 17.4 Å². The molecule has 2 amide bonds. The summed E-state index contributed by atoms with van der Waals surface area (Å²) in [7, 11) is 1.52. The van der Waals surface area contributed by atoms with Crippen molar-refractivity contribution in [2.24, 2.45) is 0 Å². The highest BCUT2D eigenvalue weighted by molar-refractivity contribution is 5.99. The fourth-order valence-corrected chi connectivity index (χ4v) is 2.73. The van der Waals surface area contributed by atoms with Crippen LogP contribution in [0.5, 0.6) is 0 Å². The second-order valence-corrected chi connectivity index (χ2v) is 6.40. The highest BCUT2D eigenvalue weighted by Gasteiger charge is 2.27. The van der Waals surface area contributed by atoms with Gasteiger partial charge in [0.1, 0.15) is 5.56 Å². The lowest BCUT2D eigenvalue weighted by Gasteiger charge is -2.27. The van der Waals surface area contributed by atoms with Gasteiger partial charge in [0.05, 0.1) is 18.2 Å². The van der Waals surface area contributed by atoms with Gasteiger partial charge in [-0.25, -0.2) is 0 Å². The van der Waals surface area contributed by atoms with E-state index in [1.807, 2.05) is 18.2 Å². The molecule has 1 aromatic heterocycles. The van der Waals surface area contributed by atoms with Crippen LogP contribution in [0.1, 0.15) is 45.2 Å². The third-order valence-electron chi connectivity index (χ3n) is 4.45. The number of aliphatic hydroxyl groups is 1. The molecule has 0 radical (unpaired) electrons. The SMILES string of the molecule is CN(C(=O)c1cc(C(=O)NC2CC2)c[nH]c1=O)C(CO)c1ccccc1. The van der Waals surface area contributed by atoms with Crippen LogP contribution in [0.3, 0.4) is 0 Å². The van der Waals surface area contributed by atoms with Gasteiger partial charge in [-0.1, -0.05) is 30.3 Å². The van der Waals surface area contributed by atoms with E-state index in [1.54, 1.807) is 12.1 Å². The number of aromatic amines is 1. The van der Waals surface area contributed by atoms with Gasteiger partial charge in [-0.3, -0.25) is 14.4 Å². The zero-order valence-electron chi connectivity index (χ0n) is 14.4. The Morgan fingerprint density at radius 3 is 2.62 bits per heavy atom. The van der Waals surface area contributed by atoms with Crippen LogP contribution < -0.4 is 10.9 Å². The number of hydrogen-bond acceptors (Lipinski definition) is 4.